The van der Waals surface area contributed by atoms with Crippen LogP contribution in [0.5, 0.6) is 0 Å². The minimum Gasteiger partial charge on any atom is -0.296 e. The van der Waals surface area contributed by atoms with Gasteiger partial charge in [-0.2, -0.15) is 5.10 Å². The van der Waals surface area contributed by atoms with Crippen LogP contribution in [0.4, 0.5) is 5.13 Å². The van der Waals surface area contributed by atoms with Gasteiger partial charge < -0.3 is 0 Å². The first-order valence-corrected chi connectivity index (χ1v) is 10.0. The summed E-state index contributed by atoms with van der Waals surface area (Å²) in [5.41, 5.74) is 5.41. The van der Waals surface area contributed by atoms with Crippen molar-refractivity contribution in [2.75, 3.05) is 5.32 Å². The second kappa shape index (κ2) is 7.25. The number of carbonyl (C=O) groups excluding carboxylic acids is 1. The summed E-state index contributed by atoms with van der Waals surface area (Å²) in [6.45, 7) is 6.22. The van der Waals surface area contributed by atoms with Crippen LogP contribution in [-0.4, -0.2) is 20.7 Å². The first-order chi connectivity index (χ1) is 13.8. The number of hydrogen-bond donors (Lipinski definition) is 1. The highest BCUT2D eigenvalue weighted by atomic mass is 32.1. The van der Waals surface area contributed by atoms with Gasteiger partial charge in [-0.3, -0.25) is 14.9 Å². The quantitative estimate of drug-likeness (QED) is 0.554. The summed E-state index contributed by atoms with van der Waals surface area (Å²) in [7, 11) is 1.54. The number of aryl methyl sites for hydroxylation is 4. The lowest BCUT2D eigenvalue weighted by molar-refractivity contribution is 0.102. The van der Waals surface area contributed by atoms with E-state index < -0.39 is 5.91 Å². The van der Waals surface area contributed by atoms with Gasteiger partial charge in [-0.25, -0.2) is 9.67 Å². The van der Waals surface area contributed by atoms with Crippen LogP contribution in [0, 0.1) is 20.8 Å². The van der Waals surface area contributed by atoms with Gasteiger partial charge in [0.2, 0.25) is 0 Å². The molecule has 1 amide bonds. The zero-order valence-electron chi connectivity index (χ0n) is 16.6. The van der Waals surface area contributed by atoms with E-state index in [2.05, 4.69) is 48.3 Å². The van der Waals surface area contributed by atoms with Gasteiger partial charge in [-0.15, -0.1) is 11.3 Å². The van der Waals surface area contributed by atoms with E-state index in [0.29, 0.717) is 15.9 Å². The van der Waals surface area contributed by atoms with Crippen molar-refractivity contribution in [2.24, 2.45) is 7.05 Å². The second-order valence-corrected chi connectivity index (χ2v) is 7.92. The fraction of sp³-hybridized carbons (Fsp3) is 0.182. The molecule has 2 heterocycles. The van der Waals surface area contributed by atoms with Crippen LogP contribution in [-0.2, 0) is 7.05 Å². The number of benzene rings is 2. The van der Waals surface area contributed by atoms with E-state index in [1.165, 1.54) is 34.2 Å². The molecule has 29 heavy (non-hydrogen) atoms. The van der Waals surface area contributed by atoms with Crippen LogP contribution in [0.15, 0.2) is 46.6 Å². The number of thiazole rings is 1. The number of rotatable bonds is 3. The molecular formula is C22H20N4O2S. The number of nitrogens with zero attached hydrogens (tertiary/aromatic N) is 3. The summed E-state index contributed by atoms with van der Waals surface area (Å²) in [6, 6.07) is 11.2. The van der Waals surface area contributed by atoms with E-state index in [-0.39, 0.29) is 11.3 Å². The van der Waals surface area contributed by atoms with Crippen LogP contribution < -0.4 is 10.9 Å². The standard InChI is InChI=1S/C22H20N4O2S/c1-12-9-14(3)17(10-13(12)2)18-11-29-22(23-18)24-20(27)19-15-7-5-6-8-16(15)21(28)26(4)25-19/h5-11H,1-4H3,(H,23,24,27). The number of amides is 1. The molecule has 0 saturated heterocycles. The topological polar surface area (TPSA) is 76.9 Å². The van der Waals surface area contributed by atoms with Gasteiger partial charge in [-0.1, -0.05) is 24.3 Å². The van der Waals surface area contributed by atoms with Crippen LogP contribution >= 0.6 is 11.3 Å². The van der Waals surface area contributed by atoms with Crippen LogP contribution in [0.25, 0.3) is 22.0 Å². The molecule has 0 bridgehead atoms. The summed E-state index contributed by atoms with van der Waals surface area (Å²) in [5, 5.41) is 10.4. The minimum absolute atomic E-state index is 0.196. The molecule has 2 aromatic heterocycles. The summed E-state index contributed by atoms with van der Waals surface area (Å²) < 4.78 is 1.18. The second-order valence-electron chi connectivity index (χ2n) is 7.07. The Morgan fingerprint density at radius 2 is 1.72 bits per heavy atom. The lowest BCUT2D eigenvalue weighted by atomic mass is 9.99. The summed E-state index contributed by atoms with van der Waals surface area (Å²) in [4.78, 5) is 29.7. The Labute approximate surface area is 171 Å². The Balaban J connectivity index is 1.68. The predicted octanol–water partition coefficient (Wildman–Crippen LogP) is 4.23. The molecule has 0 fully saturated rings. The first kappa shape index (κ1) is 19.0. The molecule has 4 rings (SSSR count). The molecule has 7 heteroatoms. The molecule has 0 aliphatic heterocycles. The van der Waals surface area contributed by atoms with Crippen molar-refractivity contribution in [2.45, 2.75) is 20.8 Å². The largest absolute Gasteiger partial charge is 0.296 e. The van der Waals surface area contributed by atoms with E-state index in [9.17, 15) is 9.59 Å². The summed E-state index contributed by atoms with van der Waals surface area (Å²) >= 11 is 1.36. The van der Waals surface area contributed by atoms with Crippen molar-refractivity contribution in [1.29, 1.82) is 0 Å². The Bertz CT molecular complexity index is 1320. The number of anilines is 1. The molecule has 4 aromatic rings. The van der Waals surface area contributed by atoms with Gasteiger partial charge in [0.05, 0.1) is 11.1 Å². The Morgan fingerprint density at radius 1 is 1.03 bits per heavy atom. The molecule has 0 atom stereocenters. The third-order valence-corrected chi connectivity index (χ3v) is 5.77. The average Bonchev–Trinajstić information content (AvgIpc) is 3.15. The Morgan fingerprint density at radius 3 is 2.48 bits per heavy atom. The summed E-state index contributed by atoms with van der Waals surface area (Å²) in [5.74, 6) is -0.394. The van der Waals surface area contributed by atoms with Crippen LogP contribution in [0.2, 0.25) is 0 Å². The molecule has 0 aliphatic rings. The third-order valence-electron chi connectivity index (χ3n) is 5.01. The number of nitrogens with one attached hydrogen (secondary N) is 1. The highest BCUT2D eigenvalue weighted by Crippen LogP contribution is 2.29. The third kappa shape index (κ3) is 3.45. The van der Waals surface area contributed by atoms with E-state index in [0.717, 1.165) is 16.8 Å². The summed E-state index contributed by atoms with van der Waals surface area (Å²) in [6.07, 6.45) is 0. The van der Waals surface area contributed by atoms with Crippen molar-refractivity contribution >= 4 is 33.1 Å². The van der Waals surface area contributed by atoms with Crippen molar-refractivity contribution in [1.82, 2.24) is 14.8 Å². The van der Waals surface area contributed by atoms with Crippen LogP contribution in [0.3, 0.4) is 0 Å². The SMILES string of the molecule is Cc1cc(C)c(-c2csc(NC(=O)c3nn(C)c(=O)c4ccccc34)n2)cc1C. The molecule has 0 spiro atoms. The molecule has 1 N–H and O–H groups in total. The zero-order chi connectivity index (χ0) is 20.7. The molecular weight excluding hydrogens is 384 g/mol. The van der Waals surface area contributed by atoms with Gasteiger partial charge >= 0.3 is 0 Å². The van der Waals surface area contributed by atoms with Gasteiger partial charge in [0.25, 0.3) is 11.5 Å². The molecule has 2 aromatic carbocycles. The fourth-order valence-electron chi connectivity index (χ4n) is 3.32. The van der Waals surface area contributed by atoms with Crippen LogP contribution in [0.1, 0.15) is 27.2 Å². The number of hydrogen-bond acceptors (Lipinski definition) is 5. The Hall–Kier alpha value is -3.32. The average molecular weight is 404 g/mol. The number of carbonyl (C=O) groups is 1. The van der Waals surface area contributed by atoms with Crippen molar-refractivity contribution in [3.63, 3.8) is 0 Å². The highest BCUT2D eigenvalue weighted by Gasteiger charge is 2.17. The fourth-order valence-corrected chi connectivity index (χ4v) is 4.02. The number of aromatic nitrogens is 3. The van der Waals surface area contributed by atoms with E-state index in [4.69, 9.17) is 0 Å². The minimum atomic E-state index is -0.394. The Kier molecular flexibility index (Phi) is 4.76. The zero-order valence-corrected chi connectivity index (χ0v) is 17.4. The monoisotopic (exact) mass is 404 g/mol. The van der Waals surface area contributed by atoms with Gasteiger partial charge in [-0.05, 0) is 49.6 Å². The lowest BCUT2D eigenvalue weighted by Gasteiger charge is -2.08. The van der Waals surface area contributed by atoms with Crippen molar-refractivity contribution in [3.05, 3.63) is 74.5 Å². The molecule has 0 aliphatic carbocycles. The maximum Gasteiger partial charge on any atom is 0.278 e. The molecule has 0 unspecified atom stereocenters. The van der Waals surface area contributed by atoms with E-state index >= 15 is 0 Å². The van der Waals surface area contributed by atoms with E-state index in [1.54, 1.807) is 24.3 Å². The molecule has 0 radical (unpaired) electrons. The van der Waals surface area contributed by atoms with Gasteiger partial charge in [0.15, 0.2) is 10.8 Å². The molecule has 0 saturated carbocycles. The smallest absolute Gasteiger partial charge is 0.278 e. The first-order valence-electron chi connectivity index (χ1n) is 9.16. The number of fused-ring (bicyclic) bond motifs is 1. The van der Waals surface area contributed by atoms with E-state index in [1.807, 2.05) is 5.38 Å². The predicted molar refractivity (Wildman–Crippen MR) is 117 cm³/mol. The maximum absolute atomic E-state index is 12.9. The van der Waals surface area contributed by atoms with Crippen molar-refractivity contribution in [3.8, 4) is 11.3 Å². The highest BCUT2D eigenvalue weighted by molar-refractivity contribution is 7.14. The normalized spacial score (nSPS) is 11.0. The molecule has 146 valence electrons. The lowest BCUT2D eigenvalue weighted by Crippen LogP contribution is -2.25. The molecule has 6 nitrogen and oxygen atoms in total. The van der Waals surface area contributed by atoms with Crippen molar-refractivity contribution < 1.29 is 4.79 Å². The van der Waals surface area contributed by atoms with Gasteiger partial charge in [0.1, 0.15) is 0 Å². The van der Waals surface area contributed by atoms with Gasteiger partial charge in [0, 0.05) is 23.4 Å². The maximum atomic E-state index is 12.9.